The molecule has 5 heteroatoms. The highest BCUT2D eigenvalue weighted by molar-refractivity contribution is 5.34. The van der Waals surface area contributed by atoms with Gasteiger partial charge in [-0.25, -0.2) is 0 Å². The van der Waals surface area contributed by atoms with Crippen LogP contribution in [0.1, 0.15) is 29.0 Å². The van der Waals surface area contributed by atoms with Crippen molar-refractivity contribution >= 4 is 0 Å². The van der Waals surface area contributed by atoms with E-state index in [1.54, 1.807) is 13.2 Å². The van der Waals surface area contributed by atoms with Crippen molar-refractivity contribution in [1.29, 1.82) is 5.26 Å². The van der Waals surface area contributed by atoms with E-state index in [4.69, 9.17) is 10.00 Å². The van der Waals surface area contributed by atoms with Crippen LogP contribution in [0, 0.1) is 11.3 Å². The molecule has 0 aromatic heterocycles. The van der Waals surface area contributed by atoms with Gasteiger partial charge in [0.1, 0.15) is 5.75 Å². The van der Waals surface area contributed by atoms with E-state index in [1.165, 1.54) is 0 Å². The number of nitriles is 1. The Bertz CT molecular complexity index is 754. The minimum atomic E-state index is -0.828. The van der Waals surface area contributed by atoms with E-state index >= 15 is 0 Å². The Morgan fingerprint density at radius 2 is 1.96 bits per heavy atom. The molecule has 1 aliphatic carbocycles. The first-order valence-electron chi connectivity index (χ1n) is 8.35. The summed E-state index contributed by atoms with van der Waals surface area (Å²) in [7, 11) is 1.62. The summed E-state index contributed by atoms with van der Waals surface area (Å²) in [5.74, 6) is 0.788. The van der Waals surface area contributed by atoms with Crippen LogP contribution in [0.5, 0.6) is 5.75 Å². The first kappa shape index (κ1) is 17.4. The van der Waals surface area contributed by atoms with Gasteiger partial charge in [-0.3, -0.25) is 0 Å². The Kier molecular flexibility index (Phi) is 5.34. The fourth-order valence-corrected chi connectivity index (χ4v) is 3.47. The second-order valence-corrected chi connectivity index (χ2v) is 6.39. The van der Waals surface area contributed by atoms with Crippen molar-refractivity contribution in [2.45, 2.75) is 37.1 Å². The summed E-state index contributed by atoms with van der Waals surface area (Å²) < 4.78 is 5.19. The standard InChI is InChI=1S/C20H22N2O3/c1-25-16-7-5-15(6-8-16)17-10-18(23)20(24)19(17)22-12-14-4-2-3-13(9-14)11-21/h2-9,17-20,22-24H,10,12H2,1H3/t17-,18-,19-,20-/m1/s1. The number of benzene rings is 2. The summed E-state index contributed by atoms with van der Waals surface area (Å²) in [5.41, 5.74) is 2.64. The van der Waals surface area contributed by atoms with Crippen LogP contribution in [0.4, 0.5) is 0 Å². The number of nitrogens with zero attached hydrogens (tertiary/aromatic N) is 1. The molecular weight excluding hydrogens is 316 g/mol. The predicted octanol–water partition coefficient (Wildman–Crippen LogP) is 1.93. The summed E-state index contributed by atoms with van der Waals surface area (Å²) in [6.45, 7) is 0.524. The summed E-state index contributed by atoms with van der Waals surface area (Å²) >= 11 is 0. The first-order valence-corrected chi connectivity index (χ1v) is 8.35. The second kappa shape index (κ2) is 7.66. The Morgan fingerprint density at radius 3 is 2.64 bits per heavy atom. The molecule has 0 amide bonds. The zero-order valence-electron chi connectivity index (χ0n) is 14.1. The third-order valence-corrected chi connectivity index (χ3v) is 4.83. The number of nitrogens with one attached hydrogen (secondary N) is 1. The molecule has 0 heterocycles. The van der Waals surface area contributed by atoms with Gasteiger partial charge in [0.15, 0.2) is 0 Å². The van der Waals surface area contributed by atoms with Gasteiger partial charge in [-0.1, -0.05) is 24.3 Å². The number of rotatable bonds is 5. The number of hydrogen-bond donors (Lipinski definition) is 3. The van der Waals surface area contributed by atoms with Crippen molar-refractivity contribution in [2.75, 3.05) is 7.11 Å². The van der Waals surface area contributed by atoms with Crippen LogP contribution in [0.25, 0.3) is 0 Å². The Labute approximate surface area is 147 Å². The van der Waals surface area contributed by atoms with Crippen LogP contribution in [0.15, 0.2) is 48.5 Å². The number of aliphatic hydroxyl groups excluding tert-OH is 2. The van der Waals surface area contributed by atoms with E-state index in [-0.39, 0.29) is 12.0 Å². The van der Waals surface area contributed by atoms with Gasteiger partial charge in [-0.15, -0.1) is 0 Å². The molecule has 2 aromatic carbocycles. The van der Waals surface area contributed by atoms with Crippen molar-refractivity contribution < 1.29 is 14.9 Å². The van der Waals surface area contributed by atoms with E-state index < -0.39 is 12.2 Å². The lowest BCUT2D eigenvalue weighted by Crippen LogP contribution is -2.41. The van der Waals surface area contributed by atoms with E-state index in [1.807, 2.05) is 42.5 Å². The molecule has 0 saturated heterocycles. The lowest BCUT2D eigenvalue weighted by molar-refractivity contribution is 0.0297. The molecule has 130 valence electrons. The van der Waals surface area contributed by atoms with Crippen LogP contribution in [0.2, 0.25) is 0 Å². The molecule has 4 atom stereocenters. The normalized spacial score (nSPS) is 25.5. The molecular formula is C20H22N2O3. The number of methoxy groups -OCH3 is 1. The van der Waals surface area contributed by atoms with Crippen LogP contribution in [-0.2, 0) is 6.54 Å². The van der Waals surface area contributed by atoms with Crippen molar-refractivity contribution in [3.05, 3.63) is 65.2 Å². The molecule has 1 aliphatic rings. The quantitative estimate of drug-likeness (QED) is 0.776. The lowest BCUT2D eigenvalue weighted by Gasteiger charge is -2.24. The van der Waals surface area contributed by atoms with E-state index in [2.05, 4.69) is 11.4 Å². The van der Waals surface area contributed by atoms with E-state index in [9.17, 15) is 10.2 Å². The molecule has 0 spiro atoms. The minimum absolute atomic E-state index is 0.00931. The SMILES string of the molecule is COc1ccc([C@H]2C[C@@H](O)[C@@H](O)[C@@H]2NCc2cccc(C#N)c2)cc1. The van der Waals surface area contributed by atoms with Crippen LogP contribution in [0.3, 0.4) is 0 Å². The van der Waals surface area contributed by atoms with Crippen molar-refractivity contribution in [3.8, 4) is 11.8 Å². The van der Waals surface area contributed by atoms with Gasteiger partial charge in [0, 0.05) is 18.5 Å². The monoisotopic (exact) mass is 338 g/mol. The average Bonchev–Trinajstić information content (AvgIpc) is 2.94. The number of ether oxygens (including phenoxy) is 1. The maximum Gasteiger partial charge on any atom is 0.118 e. The van der Waals surface area contributed by atoms with Crippen LogP contribution in [-0.4, -0.2) is 35.6 Å². The van der Waals surface area contributed by atoms with Crippen molar-refractivity contribution in [3.63, 3.8) is 0 Å². The Hall–Kier alpha value is -2.39. The van der Waals surface area contributed by atoms with Crippen LogP contribution >= 0.6 is 0 Å². The highest BCUT2D eigenvalue weighted by atomic mass is 16.5. The van der Waals surface area contributed by atoms with Gasteiger partial charge in [-0.2, -0.15) is 5.26 Å². The predicted molar refractivity (Wildman–Crippen MR) is 94.2 cm³/mol. The maximum absolute atomic E-state index is 10.4. The van der Waals surface area contributed by atoms with E-state index in [0.717, 1.165) is 16.9 Å². The largest absolute Gasteiger partial charge is 0.497 e. The van der Waals surface area contributed by atoms with Crippen molar-refractivity contribution in [1.82, 2.24) is 5.32 Å². The average molecular weight is 338 g/mol. The molecule has 25 heavy (non-hydrogen) atoms. The van der Waals surface area contributed by atoms with Gasteiger partial charge >= 0.3 is 0 Å². The topological polar surface area (TPSA) is 85.5 Å². The summed E-state index contributed by atoms with van der Waals surface area (Å²) in [6, 6.07) is 17.0. The second-order valence-electron chi connectivity index (χ2n) is 6.39. The van der Waals surface area contributed by atoms with Gasteiger partial charge in [0.2, 0.25) is 0 Å². The smallest absolute Gasteiger partial charge is 0.118 e. The van der Waals surface area contributed by atoms with Gasteiger partial charge in [-0.05, 0) is 41.8 Å². The van der Waals surface area contributed by atoms with Crippen LogP contribution < -0.4 is 10.1 Å². The Morgan fingerprint density at radius 1 is 1.20 bits per heavy atom. The highest BCUT2D eigenvalue weighted by Crippen LogP contribution is 2.36. The Balaban J connectivity index is 1.75. The number of hydrogen-bond acceptors (Lipinski definition) is 5. The van der Waals surface area contributed by atoms with Crippen molar-refractivity contribution in [2.24, 2.45) is 0 Å². The fourth-order valence-electron chi connectivity index (χ4n) is 3.47. The molecule has 2 aromatic rings. The lowest BCUT2D eigenvalue weighted by atomic mass is 9.93. The van der Waals surface area contributed by atoms with E-state index in [0.29, 0.717) is 18.5 Å². The zero-order chi connectivity index (χ0) is 17.8. The van der Waals surface area contributed by atoms with Gasteiger partial charge in [0.25, 0.3) is 0 Å². The molecule has 3 rings (SSSR count). The molecule has 0 radical (unpaired) electrons. The first-order chi connectivity index (χ1) is 12.1. The molecule has 0 aliphatic heterocycles. The van der Waals surface area contributed by atoms with Gasteiger partial charge < -0.3 is 20.3 Å². The third kappa shape index (κ3) is 3.83. The molecule has 1 saturated carbocycles. The summed E-state index contributed by atoms with van der Waals surface area (Å²) in [4.78, 5) is 0. The third-order valence-electron chi connectivity index (χ3n) is 4.83. The fraction of sp³-hybridized carbons (Fsp3) is 0.350. The summed E-state index contributed by atoms with van der Waals surface area (Å²) in [6.07, 6.45) is -1.08. The molecule has 5 nitrogen and oxygen atoms in total. The van der Waals surface area contributed by atoms with Gasteiger partial charge in [0.05, 0.1) is 31.0 Å². The molecule has 1 fully saturated rings. The molecule has 0 unspecified atom stereocenters. The molecule has 0 bridgehead atoms. The minimum Gasteiger partial charge on any atom is -0.497 e. The molecule has 3 N–H and O–H groups in total. The maximum atomic E-state index is 10.4. The number of aliphatic hydroxyl groups is 2. The zero-order valence-corrected chi connectivity index (χ0v) is 14.1. The highest BCUT2D eigenvalue weighted by Gasteiger charge is 2.41. The summed E-state index contributed by atoms with van der Waals surface area (Å²) in [5, 5.41) is 32.9.